The molecule has 5 heteroatoms. The zero-order valence-corrected chi connectivity index (χ0v) is 8.12. The Morgan fingerprint density at radius 2 is 2.31 bits per heavy atom. The Morgan fingerprint density at radius 3 is 3.23 bits per heavy atom. The van der Waals surface area contributed by atoms with Gasteiger partial charge in [-0.15, -0.1) is 0 Å². The van der Waals surface area contributed by atoms with E-state index in [1.807, 2.05) is 16.7 Å². The van der Waals surface area contributed by atoms with Crippen molar-refractivity contribution in [2.24, 2.45) is 0 Å². The topological polar surface area (TPSA) is 46.0 Å². The van der Waals surface area contributed by atoms with Crippen LogP contribution in [0.2, 0.25) is 0 Å². The molecule has 0 saturated heterocycles. The van der Waals surface area contributed by atoms with Crippen LogP contribution in [-0.4, -0.2) is 19.4 Å². The smallest absolute Gasteiger partial charge is 0.149 e. The maximum Gasteiger partial charge on any atom is 0.149 e. The number of imidazole rings is 1. The monoisotopic (exact) mass is 236 g/mol. The van der Waals surface area contributed by atoms with Gasteiger partial charge in [-0.25, -0.2) is 9.97 Å². The zero-order valence-electron chi connectivity index (χ0n) is 6.53. The molecule has 3 heterocycles. The van der Waals surface area contributed by atoms with Crippen molar-refractivity contribution in [1.29, 1.82) is 0 Å². The van der Waals surface area contributed by atoms with Crippen LogP contribution in [0.4, 0.5) is 0 Å². The van der Waals surface area contributed by atoms with Crippen LogP contribution < -0.4 is 0 Å². The number of nitrogens with one attached hydrogen (secondary N) is 1. The second kappa shape index (κ2) is 2.32. The van der Waals surface area contributed by atoms with E-state index in [0.717, 1.165) is 21.3 Å². The highest BCUT2D eigenvalue weighted by molar-refractivity contribution is 9.10. The number of aromatic nitrogens is 4. The van der Waals surface area contributed by atoms with E-state index in [4.69, 9.17) is 0 Å². The van der Waals surface area contributed by atoms with Crippen LogP contribution in [0, 0.1) is 0 Å². The molecule has 1 N–H and O–H groups in total. The number of hydrogen-bond acceptors (Lipinski definition) is 2. The number of nitrogens with zero attached hydrogens (tertiary/aromatic N) is 3. The molecule has 3 aromatic heterocycles. The fraction of sp³-hybridized carbons (Fsp3) is 0. The number of rotatable bonds is 0. The minimum atomic E-state index is 0.866. The zero-order chi connectivity index (χ0) is 8.84. The lowest BCUT2D eigenvalue weighted by Gasteiger charge is -1.94. The fourth-order valence-electron chi connectivity index (χ4n) is 1.41. The first-order valence-electron chi connectivity index (χ1n) is 3.81. The van der Waals surface area contributed by atoms with Crippen LogP contribution in [-0.2, 0) is 0 Å². The average molecular weight is 237 g/mol. The van der Waals surface area contributed by atoms with Gasteiger partial charge in [-0.05, 0) is 22.0 Å². The second-order valence-corrected chi connectivity index (χ2v) is 3.57. The maximum absolute atomic E-state index is 4.27. The van der Waals surface area contributed by atoms with Crippen molar-refractivity contribution in [3.05, 3.63) is 29.4 Å². The van der Waals surface area contributed by atoms with Gasteiger partial charge in [0.1, 0.15) is 22.2 Å². The Kier molecular flexibility index (Phi) is 1.26. The molecule has 64 valence electrons. The molecule has 3 rings (SSSR count). The second-order valence-electron chi connectivity index (χ2n) is 2.76. The third-order valence-corrected chi connectivity index (χ3v) is 2.61. The Bertz CT molecular complexity index is 580. The van der Waals surface area contributed by atoms with E-state index >= 15 is 0 Å². The minimum Gasteiger partial charge on any atom is -0.346 e. The van der Waals surface area contributed by atoms with Gasteiger partial charge in [-0.3, -0.25) is 4.40 Å². The van der Waals surface area contributed by atoms with E-state index in [1.54, 1.807) is 12.5 Å². The highest BCUT2D eigenvalue weighted by Crippen LogP contribution is 2.19. The van der Waals surface area contributed by atoms with Gasteiger partial charge in [0.15, 0.2) is 0 Å². The molecule has 0 bridgehead atoms. The molecule has 0 aromatic carbocycles. The Labute approximate surface area is 81.7 Å². The molecule has 0 radical (unpaired) electrons. The van der Waals surface area contributed by atoms with E-state index in [9.17, 15) is 0 Å². The quantitative estimate of drug-likeness (QED) is 0.649. The van der Waals surface area contributed by atoms with E-state index in [2.05, 4.69) is 30.9 Å². The summed E-state index contributed by atoms with van der Waals surface area (Å²) in [6.07, 6.45) is 5.37. The molecule has 0 spiro atoms. The first kappa shape index (κ1) is 7.08. The van der Waals surface area contributed by atoms with Crippen LogP contribution in [0.5, 0.6) is 0 Å². The van der Waals surface area contributed by atoms with Gasteiger partial charge in [-0.2, -0.15) is 0 Å². The van der Waals surface area contributed by atoms with Crippen LogP contribution in [0.15, 0.2) is 29.4 Å². The Hall–Kier alpha value is -1.36. The lowest BCUT2D eigenvalue weighted by atomic mass is 10.4. The van der Waals surface area contributed by atoms with Crippen molar-refractivity contribution in [3.63, 3.8) is 0 Å². The van der Waals surface area contributed by atoms with Crippen molar-refractivity contribution < 1.29 is 0 Å². The van der Waals surface area contributed by atoms with Gasteiger partial charge >= 0.3 is 0 Å². The number of fused-ring (bicyclic) bond motifs is 3. The molecule has 13 heavy (non-hydrogen) atoms. The molecule has 0 aliphatic carbocycles. The van der Waals surface area contributed by atoms with Crippen molar-refractivity contribution in [1.82, 2.24) is 19.4 Å². The Balaban J connectivity index is 2.66. The summed E-state index contributed by atoms with van der Waals surface area (Å²) in [7, 11) is 0. The molecule has 0 aliphatic heterocycles. The molecule has 0 saturated carbocycles. The highest BCUT2D eigenvalue weighted by atomic mass is 79.9. The van der Waals surface area contributed by atoms with Crippen LogP contribution in [0.3, 0.4) is 0 Å². The van der Waals surface area contributed by atoms with E-state index < -0.39 is 0 Å². The summed E-state index contributed by atoms with van der Waals surface area (Å²) < 4.78 is 2.81. The van der Waals surface area contributed by atoms with Gasteiger partial charge < -0.3 is 4.98 Å². The van der Waals surface area contributed by atoms with Crippen molar-refractivity contribution in [2.45, 2.75) is 0 Å². The standard InChI is InChI=1S/C8H5BrN4/c9-6-3-11-8-5-1-2-10-7(5)12-4-13(6)8/h1-4,10H. The number of H-pyrrole nitrogens is 1. The number of hydrogen-bond donors (Lipinski definition) is 1. The molecule has 4 nitrogen and oxygen atoms in total. The lowest BCUT2D eigenvalue weighted by Crippen LogP contribution is -1.87. The van der Waals surface area contributed by atoms with Crippen molar-refractivity contribution in [3.8, 4) is 0 Å². The Morgan fingerprint density at radius 1 is 1.38 bits per heavy atom. The third kappa shape index (κ3) is 0.846. The van der Waals surface area contributed by atoms with Crippen LogP contribution in [0.25, 0.3) is 16.7 Å². The van der Waals surface area contributed by atoms with E-state index in [-0.39, 0.29) is 0 Å². The van der Waals surface area contributed by atoms with Crippen molar-refractivity contribution >= 4 is 32.6 Å². The van der Waals surface area contributed by atoms with Gasteiger partial charge in [0.2, 0.25) is 0 Å². The fourth-order valence-corrected chi connectivity index (χ4v) is 1.77. The first-order valence-corrected chi connectivity index (χ1v) is 4.60. The van der Waals surface area contributed by atoms with Gasteiger partial charge in [-0.1, -0.05) is 0 Å². The van der Waals surface area contributed by atoms with Crippen LogP contribution >= 0.6 is 15.9 Å². The normalized spacial score (nSPS) is 11.5. The van der Waals surface area contributed by atoms with E-state index in [0.29, 0.717) is 0 Å². The summed E-state index contributed by atoms with van der Waals surface area (Å²) in [5.74, 6) is 0. The summed E-state index contributed by atoms with van der Waals surface area (Å²) in [5, 5.41) is 1.04. The van der Waals surface area contributed by atoms with E-state index in [1.165, 1.54) is 0 Å². The summed E-state index contributed by atoms with van der Waals surface area (Å²) >= 11 is 3.39. The van der Waals surface area contributed by atoms with Crippen LogP contribution in [0.1, 0.15) is 0 Å². The molecular weight excluding hydrogens is 232 g/mol. The van der Waals surface area contributed by atoms with Gasteiger partial charge in [0, 0.05) is 6.20 Å². The summed E-state index contributed by atoms with van der Waals surface area (Å²) in [4.78, 5) is 11.6. The largest absolute Gasteiger partial charge is 0.346 e. The minimum absolute atomic E-state index is 0.866. The van der Waals surface area contributed by atoms with Gasteiger partial charge in [0.25, 0.3) is 0 Å². The third-order valence-electron chi connectivity index (χ3n) is 2.02. The average Bonchev–Trinajstić information content (AvgIpc) is 2.70. The lowest BCUT2D eigenvalue weighted by molar-refractivity contribution is 1.09. The molecule has 0 fully saturated rings. The molecule has 0 atom stereocenters. The molecule has 0 aliphatic rings. The summed E-state index contributed by atoms with van der Waals surface area (Å²) in [5.41, 5.74) is 1.78. The summed E-state index contributed by atoms with van der Waals surface area (Å²) in [6.45, 7) is 0. The summed E-state index contributed by atoms with van der Waals surface area (Å²) in [6, 6.07) is 1.97. The first-order chi connectivity index (χ1) is 6.36. The number of halogens is 1. The molecular formula is C8H5BrN4. The number of aromatic amines is 1. The predicted octanol–water partition coefficient (Wildman–Crippen LogP) is 1.97. The molecule has 0 unspecified atom stereocenters. The van der Waals surface area contributed by atoms with Gasteiger partial charge in [0.05, 0.1) is 11.6 Å². The predicted molar refractivity (Wildman–Crippen MR) is 52.5 cm³/mol. The van der Waals surface area contributed by atoms with Crippen molar-refractivity contribution in [2.75, 3.05) is 0 Å². The molecule has 0 amide bonds. The maximum atomic E-state index is 4.27. The SMILES string of the molecule is Brc1cnc2c3cc[nH]c3ncn12. The molecule has 3 aromatic rings. The highest BCUT2D eigenvalue weighted by Gasteiger charge is 2.05.